The summed E-state index contributed by atoms with van der Waals surface area (Å²) in [4.78, 5) is 26.0. The summed E-state index contributed by atoms with van der Waals surface area (Å²) in [5.74, 6) is -1.47. The second-order valence-electron chi connectivity index (χ2n) is 5.29. The zero-order chi connectivity index (χ0) is 16.4. The lowest BCUT2D eigenvalue weighted by molar-refractivity contribution is -0.118. The average Bonchev–Trinajstić information content (AvgIpc) is 2.90. The molecule has 1 fully saturated rings. The molecule has 1 atom stereocenters. The van der Waals surface area contributed by atoms with Crippen molar-refractivity contribution in [2.75, 3.05) is 11.4 Å². The minimum absolute atomic E-state index is 0.243. The Morgan fingerprint density at radius 2 is 1.57 bits per heavy atom. The van der Waals surface area contributed by atoms with E-state index in [0.29, 0.717) is 24.2 Å². The van der Waals surface area contributed by atoms with Crippen LogP contribution in [0.2, 0.25) is 0 Å². The molecule has 0 radical (unpaired) electrons. The lowest BCUT2D eigenvalue weighted by Crippen LogP contribution is -2.41. The molecule has 6 heteroatoms. The summed E-state index contributed by atoms with van der Waals surface area (Å²) in [5.41, 5.74) is 0.884. The zero-order valence-electron chi connectivity index (χ0n) is 12.1. The van der Waals surface area contributed by atoms with E-state index in [1.54, 1.807) is 0 Å². The van der Waals surface area contributed by atoms with Crippen molar-refractivity contribution in [1.29, 1.82) is 0 Å². The highest BCUT2D eigenvalue weighted by Crippen LogP contribution is 2.22. The number of benzene rings is 2. The predicted molar refractivity (Wildman–Crippen MR) is 81.0 cm³/mol. The van der Waals surface area contributed by atoms with Crippen molar-refractivity contribution < 1.29 is 18.4 Å². The number of carbonyl (C=O) groups excluding carboxylic acids is 2. The van der Waals surface area contributed by atoms with Gasteiger partial charge in [0.05, 0.1) is 0 Å². The van der Waals surface area contributed by atoms with Gasteiger partial charge in [-0.15, -0.1) is 0 Å². The number of halogens is 2. The van der Waals surface area contributed by atoms with E-state index in [2.05, 4.69) is 5.32 Å². The Bertz CT molecular complexity index is 729. The van der Waals surface area contributed by atoms with Gasteiger partial charge in [0.15, 0.2) is 0 Å². The molecule has 1 aliphatic heterocycles. The highest BCUT2D eigenvalue weighted by molar-refractivity contribution is 6.03. The third-order valence-electron chi connectivity index (χ3n) is 3.76. The van der Waals surface area contributed by atoms with Gasteiger partial charge in [-0.2, -0.15) is 0 Å². The number of amides is 2. The van der Waals surface area contributed by atoms with Gasteiger partial charge >= 0.3 is 0 Å². The summed E-state index contributed by atoms with van der Waals surface area (Å²) in [6.07, 6.45) is 0.461. The van der Waals surface area contributed by atoms with Crippen LogP contribution in [0.4, 0.5) is 14.5 Å². The van der Waals surface area contributed by atoms with Gasteiger partial charge in [-0.1, -0.05) is 0 Å². The first kappa shape index (κ1) is 15.1. The number of nitrogens with one attached hydrogen (secondary N) is 1. The maximum Gasteiger partial charge on any atom is 0.251 e. The minimum Gasteiger partial charge on any atom is -0.340 e. The standard InChI is InChI=1S/C17H14F2N2O2/c18-12-3-1-11(2-4-12)16(22)20-15-9-10-21(17(15)23)14-7-5-13(19)6-8-14/h1-8,15H,9-10H2,(H,20,22)/t15-/m1/s1. The lowest BCUT2D eigenvalue weighted by atomic mass is 10.2. The first-order valence-electron chi connectivity index (χ1n) is 7.18. The van der Waals surface area contributed by atoms with Crippen LogP contribution in [-0.2, 0) is 4.79 Å². The van der Waals surface area contributed by atoms with Crippen molar-refractivity contribution in [1.82, 2.24) is 5.32 Å². The minimum atomic E-state index is -0.641. The molecule has 2 aromatic carbocycles. The van der Waals surface area contributed by atoms with Crippen LogP contribution >= 0.6 is 0 Å². The summed E-state index contributed by atoms with van der Waals surface area (Å²) in [5, 5.41) is 2.65. The van der Waals surface area contributed by atoms with Crippen LogP contribution in [0, 0.1) is 11.6 Å². The van der Waals surface area contributed by atoms with Gasteiger partial charge in [0.1, 0.15) is 17.7 Å². The third kappa shape index (κ3) is 3.21. The molecule has 118 valence electrons. The van der Waals surface area contributed by atoms with Crippen molar-refractivity contribution in [2.24, 2.45) is 0 Å². The molecule has 23 heavy (non-hydrogen) atoms. The van der Waals surface area contributed by atoms with Crippen LogP contribution in [0.15, 0.2) is 48.5 Å². The monoisotopic (exact) mass is 316 g/mol. The molecule has 1 N–H and O–H groups in total. The van der Waals surface area contributed by atoms with Gasteiger partial charge in [0.2, 0.25) is 5.91 Å². The smallest absolute Gasteiger partial charge is 0.251 e. The Labute approximate surface area is 131 Å². The largest absolute Gasteiger partial charge is 0.340 e. The molecule has 0 aliphatic carbocycles. The number of anilines is 1. The molecule has 1 saturated heterocycles. The third-order valence-corrected chi connectivity index (χ3v) is 3.76. The normalized spacial score (nSPS) is 17.4. The number of hydrogen-bond acceptors (Lipinski definition) is 2. The molecule has 0 aromatic heterocycles. The van der Waals surface area contributed by atoms with E-state index in [1.165, 1.54) is 53.4 Å². The Morgan fingerprint density at radius 3 is 2.17 bits per heavy atom. The van der Waals surface area contributed by atoms with E-state index >= 15 is 0 Å². The van der Waals surface area contributed by atoms with Gasteiger partial charge in [-0.3, -0.25) is 9.59 Å². The second kappa shape index (κ2) is 6.16. The maximum atomic E-state index is 12.9. The van der Waals surface area contributed by atoms with Crippen LogP contribution in [0.25, 0.3) is 0 Å². The van der Waals surface area contributed by atoms with Gasteiger partial charge < -0.3 is 10.2 Å². The molecule has 1 heterocycles. The maximum absolute atomic E-state index is 12.9. The van der Waals surface area contributed by atoms with E-state index in [-0.39, 0.29) is 11.7 Å². The van der Waals surface area contributed by atoms with Crippen LogP contribution in [-0.4, -0.2) is 24.4 Å². The average molecular weight is 316 g/mol. The van der Waals surface area contributed by atoms with Crippen LogP contribution in [0.1, 0.15) is 16.8 Å². The Balaban J connectivity index is 1.68. The first-order valence-corrected chi connectivity index (χ1v) is 7.18. The number of hydrogen-bond donors (Lipinski definition) is 1. The topological polar surface area (TPSA) is 49.4 Å². The fourth-order valence-corrected chi connectivity index (χ4v) is 2.53. The van der Waals surface area contributed by atoms with Crippen molar-refractivity contribution in [2.45, 2.75) is 12.5 Å². The predicted octanol–water partition coefficient (Wildman–Crippen LogP) is 2.50. The van der Waals surface area contributed by atoms with Crippen molar-refractivity contribution in [3.63, 3.8) is 0 Å². The van der Waals surface area contributed by atoms with Gasteiger partial charge in [0.25, 0.3) is 5.91 Å². The van der Waals surface area contributed by atoms with Crippen LogP contribution in [0.5, 0.6) is 0 Å². The summed E-state index contributed by atoms with van der Waals surface area (Å²) >= 11 is 0. The first-order chi connectivity index (χ1) is 11.0. The summed E-state index contributed by atoms with van der Waals surface area (Å²) in [6.45, 7) is 0.443. The molecular weight excluding hydrogens is 302 g/mol. The van der Waals surface area contributed by atoms with Crippen molar-refractivity contribution in [3.05, 3.63) is 65.7 Å². The molecule has 0 bridgehead atoms. The quantitative estimate of drug-likeness (QED) is 0.946. The van der Waals surface area contributed by atoms with E-state index in [9.17, 15) is 18.4 Å². The molecule has 3 rings (SSSR count). The lowest BCUT2D eigenvalue weighted by Gasteiger charge is -2.17. The number of carbonyl (C=O) groups is 2. The zero-order valence-corrected chi connectivity index (χ0v) is 12.1. The van der Waals surface area contributed by atoms with E-state index < -0.39 is 17.8 Å². The molecule has 2 amide bonds. The van der Waals surface area contributed by atoms with Gasteiger partial charge in [0, 0.05) is 17.8 Å². The molecule has 0 spiro atoms. The van der Waals surface area contributed by atoms with E-state index in [1.807, 2.05) is 0 Å². The SMILES string of the molecule is O=C(N[C@@H]1CCN(c2ccc(F)cc2)C1=O)c1ccc(F)cc1. The number of rotatable bonds is 3. The fraction of sp³-hybridized carbons (Fsp3) is 0.176. The summed E-state index contributed by atoms with van der Waals surface area (Å²) < 4.78 is 25.8. The Morgan fingerprint density at radius 1 is 1.00 bits per heavy atom. The fourth-order valence-electron chi connectivity index (χ4n) is 2.53. The highest BCUT2D eigenvalue weighted by atomic mass is 19.1. The Hall–Kier alpha value is -2.76. The summed E-state index contributed by atoms with van der Waals surface area (Å²) in [6, 6.07) is 10.1. The molecular formula is C17H14F2N2O2. The molecule has 1 aliphatic rings. The van der Waals surface area contributed by atoms with Crippen molar-refractivity contribution >= 4 is 17.5 Å². The van der Waals surface area contributed by atoms with E-state index in [0.717, 1.165) is 0 Å². The molecule has 0 unspecified atom stereocenters. The second-order valence-corrected chi connectivity index (χ2v) is 5.29. The van der Waals surface area contributed by atoms with Gasteiger partial charge in [-0.05, 0) is 55.0 Å². The Kier molecular flexibility index (Phi) is 4.06. The van der Waals surface area contributed by atoms with Crippen molar-refractivity contribution in [3.8, 4) is 0 Å². The summed E-state index contributed by atoms with van der Waals surface area (Å²) in [7, 11) is 0. The van der Waals surface area contributed by atoms with E-state index in [4.69, 9.17) is 0 Å². The highest BCUT2D eigenvalue weighted by Gasteiger charge is 2.33. The molecule has 2 aromatic rings. The molecule has 4 nitrogen and oxygen atoms in total. The number of nitrogens with zero attached hydrogens (tertiary/aromatic N) is 1. The molecule has 0 saturated carbocycles. The van der Waals surface area contributed by atoms with Crippen LogP contribution < -0.4 is 10.2 Å². The van der Waals surface area contributed by atoms with Gasteiger partial charge in [-0.25, -0.2) is 8.78 Å². The van der Waals surface area contributed by atoms with Crippen LogP contribution in [0.3, 0.4) is 0 Å².